The fourth-order valence-electron chi connectivity index (χ4n) is 2.44. The molecule has 144 valence electrons. The van der Waals surface area contributed by atoms with E-state index in [0.29, 0.717) is 43.1 Å². The zero-order valence-corrected chi connectivity index (χ0v) is 17.4. The summed E-state index contributed by atoms with van der Waals surface area (Å²) in [6, 6.07) is 3.59. The van der Waals surface area contributed by atoms with Gasteiger partial charge < -0.3 is 11.1 Å². The van der Waals surface area contributed by atoms with Gasteiger partial charge in [0, 0.05) is 36.0 Å². The lowest BCUT2D eigenvalue weighted by atomic mass is 9.96. The maximum Gasteiger partial charge on any atom is 0.252 e. The van der Waals surface area contributed by atoms with Crippen molar-refractivity contribution in [3.8, 4) is 0 Å². The van der Waals surface area contributed by atoms with Crippen molar-refractivity contribution in [2.75, 3.05) is 19.6 Å². The first-order valence-corrected chi connectivity index (χ1v) is 10.5. The molecular formula is C16H28ClN3O3S2. The number of piperidine rings is 1. The standard InChI is InChI=1S/C16H27N3O3S2.ClH/c1-16(2,3)15(20)18-9-6-13-4-5-14(23-13)24(21,22)19-10-7-12(17)8-11-19;/h4-5,12H,6-11,17H2,1-3H3,(H,18,20);1H. The monoisotopic (exact) mass is 409 g/mol. The number of nitrogens with zero attached hydrogens (tertiary/aromatic N) is 1. The second kappa shape index (κ2) is 8.81. The molecule has 0 radical (unpaired) electrons. The largest absolute Gasteiger partial charge is 0.355 e. The van der Waals surface area contributed by atoms with Crippen molar-refractivity contribution in [3.05, 3.63) is 17.0 Å². The molecule has 0 spiro atoms. The average molecular weight is 410 g/mol. The average Bonchev–Trinajstić information content (AvgIpc) is 2.96. The lowest BCUT2D eigenvalue weighted by Crippen LogP contribution is -2.42. The summed E-state index contributed by atoms with van der Waals surface area (Å²) in [6.07, 6.45) is 2.04. The fraction of sp³-hybridized carbons (Fsp3) is 0.688. The maximum absolute atomic E-state index is 12.6. The Morgan fingerprint density at radius 3 is 2.48 bits per heavy atom. The molecule has 2 rings (SSSR count). The molecule has 25 heavy (non-hydrogen) atoms. The second-order valence-corrected chi connectivity index (χ2v) is 10.6. The molecule has 0 unspecified atom stereocenters. The number of carbonyl (C=O) groups is 1. The summed E-state index contributed by atoms with van der Waals surface area (Å²) in [7, 11) is -3.42. The number of halogens is 1. The van der Waals surface area contributed by atoms with E-state index in [1.165, 1.54) is 15.6 Å². The van der Waals surface area contributed by atoms with E-state index in [4.69, 9.17) is 5.73 Å². The third-order valence-corrected chi connectivity index (χ3v) is 7.58. The van der Waals surface area contributed by atoms with Crippen molar-refractivity contribution in [2.45, 2.75) is 50.3 Å². The van der Waals surface area contributed by atoms with Gasteiger partial charge in [0.2, 0.25) is 5.91 Å². The van der Waals surface area contributed by atoms with Gasteiger partial charge in [0.05, 0.1) is 0 Å². The highest BCUT2D eigenvalue weighted by molar-refractivity contribution is 7.91. The predicted octanol–water partition coefficient (Wildman–Crippen LogP) is 1.99. The highest BCUT2D eigenvalue weighted by Gasteiger charge is 2.29. The quantitative estimate of drug-likeness (QED) is 0.777. The third kappa shape index (κ3) is 5.92. The van der Waals surface area contributed by atoms with Gasteiger partial charge in [0.25, 0.3) is 10.0 Å². The normalized spacial score (nSPS) is 17.1. The van der Waals surface area contributed by atoms with Crippen LogP contribution in [-0.4, -0.2) is 44.3 Å². The predicted molar refractivity (Wildman–Crippen MR) is 104 cm³/mol. The van der Waals surface area contributed by atoms with Gasteiger partial charge in [-0.1, -0.05) is 20.8 Å². The molecule has 0 saturated carbocycles. The molecule has 0 atom stereocenters. The van der Waals surface area contributed by atoms with Crippen molar-refractivity contribution in [1.82, 2.24) is 9.62 Å². The first-order valence-electron chi connectivity index (χ1n) is 8.23. The number of amides is 1. The molecule has 1 aromatic rings. The minimum atomic E-state index is -3.42. The summed E-state index contributed by atoms with van der Waals surface area (Å²) in [5.41, 5.74) is 5.42. The van der Waals surface area contributed by atoms with E-state index in [-0.39, 0.29) is 24.4 Å². The van der Waals surface area contributed by atoms with Gasteiger partial charge in [-0.2, -0.15) is 4.31 Å². The van der Waals surface area contributed by atoms with Crippen LogP contribution in [0.1, 0.15) is 38.5 Å². The highest BCUT2D eigenvalue weighted by Crippen LogP contribution is 2.27. The van der Waals surface area contributed by atoms with E-state index in [0.717, 1.165) is 4.88 Å². The van der Waals surface area contributed by atoms with Crippen LogP contribution in [0.5, 0.6) is 0 Å². The van der Waals surface area contributed by atoms with E-state index in [9.17, 15) is 13.2 Å². The number of hydrogen-bond donors (Lipinski definition) is 2. The van der Waals surface area contributed by atoms with Crippen molar-refractivity contribution in [3.63, 3.8) is 0 Å². The molecule has 1 aliphatic rings. The topological polar surface area (TPSA) is 92.5 Å². The van der Waals surface area contributed by atoms with Crippen LogP contribution in [0.2, 0.25) is 0 Å². The Balaban J connectivity index is 0.00000312. The van der Waals surface area contributed by atoms with Crippen molar-refractivity contribution in [1.29, 1.82) is 0 Å². The molecule has 1 aliphatic heterocycles. The van der Waals surface area contributed by atoms with Crippen LogP contribution in [0.25, 0.3) is 0 Å². The summed E-state index contributed by atoms with van der Waals surface area (Å²) in [6.45, 7) is 7.07. The lowest BCUT2D eigenvalue weighted by molar-refractivity contribution is -0.128. The Kier molecular flexibility index (Phi) is 7.89. The Bertz CT molecular complexity index is 675. The van der Waals surface area contributed by atoms with Gasteiger partial charge in [-0.15, -0.1) is 23.7 Å². The van der Waals surface area contributed by atoms with E-state index < -0.39 is 15.4 Å². The molecule has 0 bridgehead atoms. The Hall–Kier alpha value is -0.670. The number of thiophene rings is 1. The van der Waals surface area contributed by atoms with Crippen LogP contribution < -0.4 is 11.1 Å². The molecule has 3 N–H and O–H groups in total. The number of nitrogens with two attached hydrogens (primary N) is 1. The number of carbonyl (C=O) groups excluding carboxylic acids is 1. The van der Waals surface area contributed by atoms with Crippen molar-refractivity contribution < 1.29 is 13.2 Å². The number of rotatable bonds is 5. The second-order valence-electron chi connectivity index (χ2n) is 7.22. The van der Waals surface area contributed by atoms with Crippen LogP contribution in [0, 0.1) is 5.41 Å². The van der Waals surface area contributed by atoms with Crippen LogP contribution in [0.15, 0.2) is 16.3 Å². The molecule has 1 fully saturated rings. The molecule has 1 aromatic heterocycles. The van der Waals surface area contributed by atoms with E-state index in [1.807, 2.05) is 26.8 Å². The first kappa shape index (κ1) is 22.4. The minimum absolute atomic E-state index is 0. The summed E-state index contributed by atoms with van der Waals surface area (Å²) in [5, 5.41) is 2.88. The van der Waals surface area contributed by atoms with Gasteiger partial charge in [-0.05, 0) is 31.4 Å². The van der Waals surface area contributed by atoms with Crippen molar-refractivity contribution >= 4 is 39.7 Å². The molecule has 9 heteroatoms. The molecule has 1 saturated heterocycles. The summed E-state index contributed by atoms with van der Waals surface area (Å²) in [4.78, 5) is 12.8. The van der Waals surface area contributed by atoms with Crippen molar-refractivity contribution in [2.24, 2.45) is 11.1 Å². The SMILES string of the molecule is CC(C)(C)C(=O)NCCc1ccc(S(=O)(=O)N2CCC(N)CC2)s1.Cl. The zero-order chi connectivity index (χ0) is 18.0. The van der Waals surface area contributed by atoms with E-state index in [1.54, 1.807) is 6.07 Å². The Morgan fingerprint density at radius 2 is 1.92 bits per heavy atom. The molecular weight excluding hydrogens is 382 g/mol. The van der Waals surface area contributed by atoms with E-state index in [2.05, 4.69) is 5.32 Å². The summed E-state index contributed by atoms with van der Waals surface area (Å²) in [5.74, 6) is -0.00319. The van der Waals surface area contributed by atoms with Gasteiger partial charge in [0.15, 0.2) is 0 Å². The lowest BCUT2D eigenvalue weighted by Gasteiger charge is -2.28. The van der Waals surface area contributed by atoms with Gasteiger partial charge >= 0.3 is 0 Å². The fourth-order valence-corrected chi connectivity index (χ4v) is 5.42. The van der Waals surface area contributed by atoms with Gasteiger partial charge in [-0.25, -0.2) is 8.42 Å². The molecule has 1 amide bonds. The summed E-state index contributed by atoms with van der Waals surface area (Å²) >= 11 is 1.28. The smallest absolute Gasteiger partial charge is 0.252 e. The Morgan fingerprint density at radius 1 is 1.32 bits per heavy atom. The van der Waals surface area contributed by atoms with Crippen LogP contribution in [-0.2, 0) is 21.2 Å². The van der Waals surface area contributed by atoms with Crippen LogP contribution in [0.3, 0.4) is 0 Å². The number of sulfonamides is 1. The maximum atomic E-state index is 12.6. The summed E-state index contributed by atoms with van der Waals surface area (Å²) < 4.78 is 27.2. The molecule has 0 aliphatic carbocycles. The molecule has 6 nitrogen and oxygen atoms in total. The third-order valence-electron chi connectivity index (χ3n) is 4.07. The first-order chi connectivity index (χ1) is 11.1. The minimum Gasteiger partial charge on any atom is -0.355 e. The molecule has 0 aromatic carbocycles. The molecule has 2 heterocycles. The van der Waals surface area contributed by atoms with Crippen LogP contribution in [0.4, 0.5) is 0 Å². The van der Waals surface area contributed by atoms with Gasteiger partial charge in [-0.3, -0.25) is 4.79 Å². The zero-order valence-electron chi connectivity index (χ0n) is 14.9. The number of nitrogens with one attached hydrogen (secondary N) is 1. The highest BCUT2D eigenvalue weighted by atomic mass is 35.5. The number of hydrogen-bond acceptors (Lipinski definition) is 5. The van der Waals surface area contributed by atoms with Gasteiger partial charge in [0.1, 0.15) is 4.21 Å². The van der Waals surface area contributed by atoms with Crippen LogP contribution >= 0.6 is 23.7 Å². The van der Waals surface area contributed by atoms with E-state index >= 15 is 0 Å². The Labute approximate surface area is 160 Å².